The average Bonchev–Trinajstić information content (AvgIpc) is 2.65. The molecule has 30 heavy (non-hydrogen) atoms. The second-order valence-corrected chi connectivity index (χ2v) is 10.2. The number of ether oxygens (including phenoxy) is 1. The number of likely N-dealkylation sites (N-methyl/N-ethyl adjacent to an activating group) is 1. The molecule has 0 spiro atoms. The maximum Gasteiger partial charge on any atom is 0.306 e. The van der Waals surface area contributed by atoms with E-state index < -0.39 is 33.1 Å². The van der Waals surface area contributed by atoms with Crippen molar-refractivity contribution in [2.75, 3.05) is 47.5 Å². The summed E-state index contributed by atoms with van der Waals surface area (Å²) >= 11 is 0. The highest BCUT2D eigenvalue weighted by Crippen LogP contribution is 2.38. The van der Waals surface area contributed by atoms with Crippen molar-refractivity contribution in [1.82, 2.24) is 0 Å². The molecule has 0 aromatic rings. The summed E-state index contributed by atoms with van der Waals surface area (Å²) < 4.78 is 26.9. The van der Waals surface area contributed by atoms with Crippen molar-refractivity contribution < 1.29 is 37.6 Å². The molecule has 0 fully saturated rings. The van der Waals surface area contributed by atoms with E-state index in [0.29, 0.717) is 11.0 Å². The van der Waals surface area contributed by atoms with Gasteiger partial charge in [-0.2, -0.15) is 0 Å². The molecule has 0 aromatic heterocycles. The molecular weight excluding hydrogens is 409 g/mol. The lowest BCUT2D eigenvalue weighted by atomic mass is 10.1. The van der Waals surface area contributed by atoms with E-state index in [1.807, 2.05) is 21.1 Å². The maximum atomic E-state index is 11.9. The normalized spacial score (nSPS) is 15.0. The minimum absolute atomic E-state index is 0.00734. The van der Waals surface area contributed by atoms with E-state index in [0.717, 1.165) is 19.3 Å². The van der Waals surface area contributed by atoms with Crippen molar-refractivity contribution >= 4 is 13.8 Å². The SMILES string of the molecule is CCCCCCCCCCCCC(=O)OC(CO)COP(=O)([O-])OCC[N+](C)(C)C. The molecule has 1 N–H and O–H groups in total. The fourth-order valence-electron chi connectivity index (χ4n) is 2.76. The zero-order valence-electron chi connectivity index (χ0n) is 19.5. The predicted molar refractivity (Wildman–Crippen MR) is 116 cm³/mol. The highest BCUT2D eigenvalue weighted by Gasteiger charge is 2.19. The topological polar surface area (TPSA) is 105 Å². The molecule has 2 unspecified atom stereocenters. The minimum atomic E-state index is -4.50. The summed E-state index contributed by atoms with van der Waals surface area (Å²) in [6.07, 6.45) is 10.9. The van der Waals surface area contributed by atoms with Crippen LogP contribution in [0.5, 0.6) is 0 Å². The molecule has 0 heterocycles. The molecule has 0 aliphatic heterocycles. The first-order chi connectivity index (χ1) is 14.1. The quantitative estimate of drug-likeness (QED) is 0.130. The fraction of sp³-hybridized carbons (Fsp3) is 0.952. The molecule has 2 atom stereocenters. The van der Waals surface area contributed by atoms with Gasteiger partial charge in [0.15, 0.2) is 0 Å². The molecule has 0 aromatic carbocycles. The fourth-order valence-corrected chi connectivity index (χ4v) is 3.49. The number of unbranched alkanes of at least 4 members (excludes halogenated alkanes) is 9. The van der Waals surface area contributed by atoms with Crippen molar-refractivity contribution in [3.63, 3.8) is 0 Å². The summed E-state index contributed by atoms with van der Waals surface area (Å²) in [6, 6.07) is 0. The van der Waals surface area contributed by atoms with Crippen LogP contribution in [-0.4, -0.2) is 69.2 Å². The van der Waals surface area contributed by atoms with Gasteiger partial charge in [0.05, 0.1) is 34.4 Å². The van der Waals surface area contributed by atoms with E-state index in [2.05, 4.69) is 6.92 Å². The standard InChI is InChI=1S/C21H44NO7P/c1-5-6-7-8-9-10-11-12-13-14-15-21(24)29-20(18-23)19-28-30(25,26)27-17-16-22(2,3)4/h20,23H,5-19H2,1-4H3. The van der Waals surface area contributed by atoms with Gasteiger partial charge in [0, 0.05) is 6.42 Å². The van der Waals surface area contributed by atoms with Crippen molar-refractivity contribution in [3.05, 3.63) is 0 Å². The smallest absolute Gasteiger partial charge is 0.306 e. The lowest BCUT2D eigenvalue weighted by Gasteiger charge is -2.28. The Morgan fingerprint density at radius 2 is 1.50 bits per heavy atom. The number of quaternary nitrogens is 1. The number of aliphatic hydroxyl groups is 1. The van der Waals surface area contributed by atoms with Crippen molar-refractivity contribution in [2.24, 2.45) is 0 Å². The Bertz CT molecular complexity index is 482. The van der Waals surface area contributed by atoms with Crippen LogP contribution >= 0.6 is 7.82 Å². The van der Waals surface area contributed by atoms with Crippen LogP contribution in [0.1, 0.15) is 77.6 Å². The van der Waals surface area contributed by atoms with E-state index >= 15 is 0 Å². The van der Waals surface area contributed by atoms with Crippen molar-refractivity contribution in [3.8, 4) is 0 Å². The van der Waals surface area contributed by atoms with Crippen LogP contribution in [0.3, 0.4) is 0 Å². The molecule has 0 saturated carbocycles. The zero-order chi connectivity index (χ0) is 22.9. The minimum Gasteiger partial charge on any atom is -0.756 e. The second-order valence-electron chi connectivity index (χ2n) is 8.82. The largest absolute Gasteiger partial charge is 0.756 e. The van der Waals surface area contributed by atoms with Crippen LogP contribution in [0.2, 0.25) is 0 Å². The molecule has 0 bridgehead atoms. The first-order valence-electron chi connectivity index (χ1n) is 11.3. The molecule has 0 rings (SSSR count). The lowest BCUT2D eigenvalue weighted by Crippen LogP contribution is -2.37. The summed E-state index contributed by atoms with van der Waals surface area (Å²) in [4.78, 5) is 23.6. The summed E-state index contributed by atoms with van der Waals surface area (Å²) in [6.45, 7) is 1.74. The van der Waals surface area contributed by atoms with E-state index in [1.54, 1.807) is 0 Å². The van der Waals surface area contributed by atoms with Gasteiger partial charge in [0.1, 0.15) is 19.3 Å². The van der Waals surface area contributed by atoms with Gasteiger partial charge in [-0.3, -0.25) is 9.36 Å². The maximum absolute atomic E-state index is 11.9. The number of hydrogen-bond acceptors (Lipinski definition) is 7. The van der Waals surface area contributed by atoms with Crippen LogP contribution in [0, 0.1) is 0 Å². The number of nitrogens with zero attached hydrogens (tertiary/aromatic N) is 1. The lowest BCUT2D eigenvalue weighted by molar-refractivity contribution is -0.870. The van der Waals surface area contributed by atoms with E-state index in [4.69, 9.17) is 13.8 Å². The number of esters is 1. The molecule has 8 nitrogen and oxygen atoms in total. The second kappa shape index (κ2) is 17.1. The number of phosphoric ester groups is 1. The van der Waals surface area contributed by atoms with Gasteiger partial charge >= 0.3 is 5.97 Å². The Morgan fingerprint density at radius 3 is 2.00 bits per heavy atom. The van der Waals surface area contributed by atoms with Gasteiger partial charge in [0.25, 0.3) is 7.82 Å². The zero-order valence-corrected chi connectivity index (χ0v) is 20.4. The van der Waals surface area contributed by atoms with Gasteiger partial charge in [-0.1, -0.05) is 64.7 Å². The van der Waals surface area contributed by atoms with Crippen molar-refractivity contribution in [2.45, 2.75) is 83.7 Å². The number of hydrogen-bond donors (Lipinski definition) is 1. The monoisotopic (exact) mass is 453 g/mol. The van der Waals surface area contributed by atoms with E-state index in [-0.39, 0.29) is 13.0 Å². The summed E-state index contributed by atoms with van der Waals surface area (Å²) in [5, 5.41) is 9.31. The number of carbonyl (C=O) groups excluding carboxylic acids is 1. The molecule has 0 amide bonds. The molecule has 0 saturated heterocycles. The van der Waals surface area contributed by atoms with Crippen LogP contribution in [-0.2, 0) is 23.1 Å². The van der Waals surface area contributed by atoms with Gasteiger partial charge in [-0.25, -0.2) is 0 Å². The Labute approximate surface area is 183 Å². The first-order valence-corrected chi connectivity index (χ1v) is 12.8. The summed E-state index contributed by atoms with van der Waals surface area (Å²) in [7, 11) is 1.24. The molecule has 180 valence electrons. The highest BCUT2D eigenvalue weighted by atomic mass is 31.2. The summed E-state index contributed by atoms with van der Waals surface area (Å²) in [5.74, 6) is -0.455. The van der Waals surface area contributed by atoms with Gasteiger partial charge < -0.3 is 28.3 Å². The first kappa shape index (κ1) is 29.5. The van der Waals surface area contributed by atoms with Crippen molar-refractivity contribution in [1.29, 1.82) is 0 Å². The Balaban J connectivity index is 3.85. The third-order valence-electron chi connectivity index (χ3n) is 4.67. The number of aliphatic hydroxyl groups excluding tert-OH is 1. The number of phosphoric acid groups is 1. The Morgan fingerprint density at radius 1 is 0.967 bits per heavy atom. The number of rotatable bonds is 20. The van der Waals surface area contributed by atoms with E-state index in [1.165, 1.54) is 44.9 Å². The van der Waals surface area contributed by atoms with Gasteiger partial charge in [0.2, 0.25) is 0 Å². The third kappa shape index (κ3) is 19.5. The molecule has 0 aliphatic carbocycles. The van der Waals surface area contributed by atoms with Gasteiger partial charge in [-0.05, 0) is 6.42 Å². The van der Waals surface area contributed by atoms with Crippen LogP contribution in [0.25, 0.3) is 0 Å². The van der Waals surface area contributed by atoms with Crippen LogP contribution in [0.4, 0.5) is 0 Å². The number of carbonyl (C=O) groups is 1. The van der Waals surface area contributed by atoms with Gasteiger partial charge in [-0.15, -0.1) is 0 Å². The molecular formula is C21H44NO7P. The third-order valence-corrected chi connectivity index (χ3v) is 5.63. The Kier molecular flexibility index (Phi) is 16.8. The van der Waals surface area contributed by atoms with Crippen LogP contribution < -0.4 is 4.89 Å². The predicted octanol–water partition coefficient (Wildman–Crippen LogP) is 3.41. The molecule has 0 radical (unpaired) electrons. The summed E-state index contributed by atoms with van der Waals surface area (Å²) in [5.41, 5.74) is 0. The average molecular weight is 454 g/mol. The molecule has 9 heteroatoms. The highest BCUT2D eigenvalue weighted by molar-refractivity contribution is 7.45. The van der Waals surface area contributed by atoms with Crippen LogP contribution in [0.15, 0.2) is 0 Å². The van der Waals surface area contributed by atoms with E-state index in [9.17, 15) is 19.4 Å². The Hall–Kier alpha value is -0.500. The molecule has 0 aliphatic rings.